The molecular weight excluding hydrogens is 158 g/mol. The highest BCUT2D eigenvalue weighted by Gasteiger charge is 2.20. The lowest BCUT2D eigenvalue weighted by molar-refractivity contribution is 0.0104. The molecule has 0 aromatic carbocycles. The van der Waals surface area contributed by atoms with Crippen LogP contribution in [0, 0.1) is 6.92 Å². The van der Waals surface area contributed by atoms with Crippen LogP contribution in [-0.4, -0.2) is 29.9 Å². The van der Waals surface area contributed by atoms with E-state index in [0.29, 0.717) is 18.4 Å². The van der Waals surface area contributed by atoms with Crippen LogP contribution >= 0.6 is 0 Å². The number of rotatable bonds is 1. The predicted molar refractivity (Wildman–Crippen MR) is 40.6 cm³/mol. The van der Waals surface area contributed by atoms with Crippen LogP contribution in [0.5, 0.6) is 0 Å². The molecule has 0 unspecified atom stereocenters. The molecule has 1 fully saturated rings. The molecule has 1 aromatic rings. The Labute approximate surface area is 70.1 Å². The van der Waals surface area contributed by atoms with Gasteiger partial charge in [0.1, 0.15) is 6.10 Å². The Morgan fingerprint density at radius 1 is 1.50 bits per heavy atom. The minimum atomic E-state index is -0.0695. The van der Waals surface area contributed by atoms with Gasteiger partial charge in [0.25, 0.3) is 0 Å². The smallest absolute Gasteiger partial charge is 0.246 e. The highest BCUT2D eigenvalue weighted by Crippen LogP contribution is 2.16. The Hall–Kier alpha value is -0.940. The monoisotopic (exact) mass is 169 g/mol. The number of ether oxygens (including phenoxy) is 1. The highest BCUT2D eigenvalue weighted by atomic mass is 16.5. The molecule has 0 radical (unpaired) electrons. The summed E-state index contributed by atoms with van der Waals surface area (Å²) in [5.74, 6) is 1.15. The molecule has 1 saturated heterocycles. The van der Waals surface area contributed by atoms with E-state index < -0.39 is 0 Å². The quantitative estimate of drug-likeness (QED) is 0.643. The fraction of sp³-hybridized carbons (Fsp3) is 0.714. The first-order valence-electron chi connectivity index (χ1n) is 3.98. The predicted octanol–water partition coefficient (Wildman–Crippen LogP) is 0.0389. The second kappa shape index (κ2) is 3.20. The average Bonchev–Trinajstić information content (AvgIpc) is 2.54. The maximum Gasteiger partial charge on any atom is 0.246 e. The van der Waals surface area contributed by atoms with E-state index in [9.17, 15) is 0 Å². The van der Waals surface area contributed by atoms with Gasteiger partial charge in [0.2, 0.25) is 11.8 Å². The number of hydrogen-bond donors (Lipinski definition) is 1. The molecule has 5 heteroatoms. The molecule has 2 rings (SSSR count). The molecule has 66 valence electrons. The number of hydrogen-bond acceptors (Lipinski definition) is 5. The number of aromatic nitrogens is 2. The Morgan fingerprint density at radius 3 is 3.00 bits per heavy atom. The van der Waals surface area contributed by atoms with Crippen LogP contribution < -0.4 is 5.32 Å². The third kappa shape index (κ3) is 1.46. The van der Waals surface area contributed by atoms with Gasteiger partial charge in [0.05, 0.1) is 6.61 Å². The molecule has 12 heavy (non-hydrogen) atoms. The minimum Gasteiger partial charge on any atom is -0.423 e. The highest BCUT2D eigenvalue weighted by molar-refractivity contribution is 4.87. The fourth-order valence-electron chi connectivity index (χ4n) is 1.17. The first kappa shape index (κ1) is 7.70. The summed E-state index contributed by atoms with van der Waals surface area (Å²) in [7, 11) is 0. The molecule has 0 bridgehead atoms. The van der Waals surface area contributed by atoms with Crippen molar-refractivity contribution < 1.29 is 9.15 Å². The van der Waals surface area contributed by atoms with Crippen molar-refractivity contribution in [2.75, 3.05) is 19.7 Å². The Balaban J connectivity index is 2.08. The second-order valence-electron chi connectivity index (χ2n) is 2.72. The standard InChI is InChI=1S/C7H11N3O2/c1-5-9-10-7(12-5)6-4-8-2-3-11-6/h6,8H,2-4H2,1H3/t6-/m1/s1. The van der Waals surface area contributed by atoms with Crippen molar-refractivity contribution >= 4 is 0 Å². The summed E-state index contributed by atoms with van der Waals surface area (Å²) in [5.41, 5.74) is 0. The van der Waals surface area contributed by atoms with Crippen LogP contribution in [0.3, 0.4) is 0 Å². The molecule has 0 aliphatic carbocycles. The van der Waals surface area contributed by atoms with Crippen molar-refractivity contribution in [3.63, 3.8) is 0 Å². The number of aryl methyl sites for hydroxylation is 1. The van der Waals surface area contributed by atoms with Crippen LogP contribution in [0.4, 0.5) is 0 Å². The van der Waals surface area contributed by atoms with Gasteiger partial charge < -0.3 is 14.5 Å². The molecule has 1 N–H and O–H groups in total. The number of nitrogens with zero attached hydrogens (tertiary/aromatic N) is 2. The first-order valence-corrected chi connectivity index (χ1v) is 3.98. The van der Waals surface area contributed by atoms with Crippen molar-refractivity contribution in [3.8, 4) is 0 Å². The molecule has 1 atom stereocenters. The van der Waals surface area contributed by atoms with Crippen LogP contribution in [0.2, 0.25) is 0 Å². The van der Waals surface area contributed by atoms with Crippen molar-refractivity contribution in [1.82, 2.24) is 15.5 Å². The molecule has 1 aromatic heterocycles. The molecule has 1 aliphatic rings. The summed E-state index contributed by atoms with van der Waals surface area (Å²) in [5, 5.41) is 10.8. The van der Waals surface area contributed by atoms with Crippen molar-refractivity contribution in [2.45, 2.75) is 13.0 Å². The van der Waals surface area contributed by atoms with Gasteiger partial charge in [-0.3, -0.25) is 0 Å². The lowest BCUT2D eigenvalue weighted by Gasteiger charge is -2.20. The fourth-order valence-corrected chi connectivity index (χ4v) is 1.17. The number of nitrogens with one attached hydrogen (secondary N) is 1. The summed E-state index contributed by atoms with van der Waals surface area (Å²) < 4.78 is 10.7. The summed E-state index contributed by atoms with van der Waals surface area (Å²) >= 11 is 0. The molecule has 0 spiro atoms. The van der Waals surface area contributed by atoms with Gasteiger partial charge >= 0.3 is 0 Å². The minimum absolute atomic E-state index is 0.0695. The maximum atomic E-state index is 5.42. The Kier molecular flexibility index (Phi) is 2.05. The first-order chi connectivity index (χ1) is 5.86. The van der Waals surface area contributed by atoms with E-state index in [1.54, 1.807) is 6.92 Å². The van der Waals surface area contributed by atoms with E-state index in [-0.39, 0.29) is 6.10 Å². The van der Waals surface area contributed by atoms with Gasteiger partial charge in [-0.2, -0.15) is 0 Å². The average molecular weight is 169 g/mol. The van der Waals surface area contributed by atoms with E-state index in [4.69, 9.17) is 9.15 Å². The molecule has 0 saturated carbocycles. The Bertz CT molecular complexity index is 255. The van der Waals surface area contributed by atoms with E-state index in [1.807, 2.05) is 0 Å². The van der Waals surface area contributed by atoms with Crippen LogP contribution in [-0.2, 0) is 4.74 Å². The van der Waals surface area contributed by atoms with Gasteiger partial charge in [-0.05, 0) is 0 Å². The second-order valence-corrected chi connectivity index (χ2v) is 2.72. The molecular formula is C7H11N3O2. The molecule has 0 amide bonds. The Morgan fingerprint density at radius 2 is 2.42 bits per heavy atom. The summed E-state index contributed by atoms with van der Waals surface area (Å²) in [6.45, 7) is 4.12. The van der Waals surface area contributed by atoms with Crippen LogP contribution in [0.25, 0.3) is 0 Å². The normalized spacial score (nSPS) is 24.2. The van der Waals surface area contributed by atoms with Crippen molar-refractivity contribution in [1.29, 1.82) is 0 Å². The van der Waals surface area contributed by atoms with Gasteiger partial charge in [-0.1, -0.05) is 0 Å². The topological polar surface area (TPSA) is 60.2 Å². The van der Waals surface area contributed by atoms with Crippen LogP contribution in [0.1, 0.15) is 17.9 Å². The SMILES string of the molecule is Cc1nnc([C@H]2CNCCO2)o1. The molecule has 5 nitrogen and oxygen atoms in total. The van der Waals surface area contributed by atoms with E-state index >= 15 is 0 Å². The zero-order valence-corrected chi connectivity index (χ0v) is 6.91. The third-order valence-corrected chi connectivity index (χ3v) is 1.74. The summed E-state index contributed by atoms with van der Waals surface area (Å²) in [6.07, 6.45) is -0.0695. The van der Waals surface area contributed by atoms with E-state index in [2.05, 4.69) is 15.5 Å². The van der Waals surface area contributed by atoms with Crippen LogP contribution in [0.15, 0.2) is 4.42 Å². The van der Waals surface area contributed by atoms with E-state index in [1.165, 1.54) is 0 Å². The molecule has 1 aliphatic heterocycles. The zero-order valence-electron chi connectivity index (χ0n) is 6.91. The van der Waals surface area contributed by atoms with Gasteiger partial charge in [0, 0.05) is 20.0 Å². The summed E-state index contributed by atoms with van der Waals surface area (Å²) in [4.78, 5) is 0. The largest absolute Gasteiger partial charge is 0.423 e. The van der Waals surface area contributed by atoms with Crippen molar-refractivity contribution in [3.05, 3.63) is 11.8 Å². The van der Waals surface area contributed by atoms with Gasteiger partial charge in [0.15, 0.2) is 0 Å². The molecule has 2 heterocycles. The lowest BCUT2D eigenvalue weighted by atomic mass is 10.3. The van der Waals surface area contributed by atoms with Gasteiger partial charge in [-0.15, -0.1) is 10.2 Å². The maximum absolute atomic E-state index is 5.42. The van der Waals surface area contributed by atoms with Crippen molar-refractivity contribution in [2.24, 2.45) is 0 Å². The van der Waals surface area contributed by atoms with E-state index in [0.717, 1.165) is 13.1 Å². The summed E-state index contributed by atoms with van der Waals surface area (Å²) in [6, 6.07) is 0. The third-order valence-electron chi connectivity index (χ3n) is 1.74. The zero-order chi connectivity index (χ0) is 8.39. The van der Waals surface area contributed by atoms with Gasteiger partial charge in [-0.25, -0.2) is 0 Å². The number of morpholine rings is 1. The lowest BCUT2D eigenvalue weighted by Crippen LogP contribution is -2.33.